The minimum Gasteiger partial charge on any atom is -0.330 e. The first-order chi connectivity index (χ1) is 7.93. The Morgan fingerprint density at radius 1 is 1.00 bits per heavy atom. The number of nitrogens with two attached hydrogens (primary N) is 1. The molecule has 3 heteroatoms. The molecule has 1 rings (SSSR count). The zero-order chi connectivity index (χ0) is 11.5. The van der Waals surface area contributed by atoms with Crippen LogP contribution in [0.25, 0.3) is 0 Å². The van der Waals surface area contributed by atoms with E-state index >= 15 is 0 Å². The average molecular weight is 228 g/mol. The summed E-state index contributed by atoms with van der Waals surface area (Å²) in [7, 11) is 0. The molecule has 0 aliphatic heterocycles. The highest BCUT2D eigenvalue weighted by molar-refractivity contribution is 4.64. The minimum absolute atomic E-state index is 0.804. The van der Waals surface area contributed by atoms with Crippen molar-refractivity contribution < 1.29 is 4.84 Å². The maximum Gasteiger partial charge on any atom is 0.0710 e. The summed E-state index contributed by atoms with van der Waals surface area (Å²) >= 11 is 0. The van der Waals surface area contributed by atoms with E-state index in [2.05, 4.69) is 5.48 Å². The van der Waals surface area contributed by atoms with Gasteiger partial charge in [-0.15, -0.1) is 0 Å². The van der Waals surface area contributed by atoms with E-state index in [0.29, 0.717) is 0 Å². The molecule has 16 heavy (non-hydrogen) atoms. The van der Waals surface area contributed by atoms with E-state index in [9.17, 15) is 0 Å². The fraction of sp³-hybridized carbons (Fsp3) is 1.00. The van der Waals surface area contributed by atoms with Gasteiger partial charge in [0.2, 0.25) is 0 Å². The Bertz CT molecular complexity index is 147. The van der Waals surface area contributed by atoms with Crippen LogP contribution in [0.4, 0.5) is 0 Å². The molecule has 3 N–H and O–H groups in total. The van der Waals surface area contributed by atoms with E-state index in [1.165, 1.54) is 51.4 Å². The standard InChI is InChI=1S/C13H28N2O/c14-10-6-1-2-7-11-15-16-12-13-8-4-3-5-9-13/h13,15H,1-12,14H2. The van der Waals surface area contributed by atoms with Gasteiger partial charge in [-0.3, -0.25) is 0 Å². The summed E-state index contributed by atoms with van der Waals surface area (Å²) in [6.07, 6.45) is 11.8. The second kappa shape index (κ2) is 10.1. The summed E-state index contributed by atoms with van der Waals surface area (Å²) in [4.78, 5) is 5.50. The lowest BCUT2D eigenvalue weighted by atomic mass is 9.90. The van der Waals surface area contributed by atoms with E-state index in [-0.39, 0.29) is 0 Å². The highest BCUT2D eigenvalue weighted by atomic mass is 16.6. The first-order valence-corrected chi connectivity index (χ1v) is 6.98. The van der Waals surface area contributed by atoms with Crippen molar-refractivity contribution in [2.45, 2.75) is 57.8 Å². The Labute approximate surface area is 100 Å². The van der Waals surface area contributed by atoms with Crippen molar-refractivity contribution in [3.63, 3.8) is 0 Å². The third kappa shape index (κ3) is 7.20. The summed E-state index contributed by atoms with van der Waals surface area (Å²) in [6, 6.07) is 0. The molecule has 0 aromatic heterocycles. The Kier molecular flexibility index (Phi) is 8.77. The predicted molar refractivity (Wildman–Crippen MR) is 68.1 cm³/mol. The van der Waals surface area contributed by atoms with Gasteiger partial charge in [-0.1, -0.05) is 32.1 Å². The molecule has 0 aromatic rings. The topological polar surface area (TPSA) is 47.3 Å². The summed E-state index contributed by atoms with van der Waals surface area (Å²) in [5.41, 5.74) is 8.51. The van der Waals surface area contributed by atoms with Gasteiger partial charge < -0.3 is 10.6 Å². The fourth-order valence-electron chi connectivity index (χ4n) is 2.30. The van der Waals surface area contributed by atoms with Crippen LogP contribution in [-0.2, 0) is 4.84 Å². The molecule has 0 heterocycles. The smallest absolute Gasteiger partial charge is 0.0710 e. The Hall–Kier alpha value is -0.120. The summed E-state index contributed by atoms with van der Waals surface area (Å²) < 4.78 is 0. The number of nitrogens with one attached hydrogen (secondary N) is 1. The Morgan fingerprint density at radius 3 is 2.50 bits per heavy atom. The second-order valence-corrected chi connectivity index (χ2v) is 4.91. The van der Waals surface area contributed by atoms with Crippen molar-refractivity contribution in [2.24, 2.45) is 11.7 Å². The summed E-state index contributed by atoms with van der Waals surface area (Å²) in [5, 5.41) is 0. The monoisotopic (exact) mass is 228 g/mol. The number of hydrogen-bond donors (Lipinski definition) is 2. The van der Waals surface area contributed by atoms with Crippen LogP contribution in [-0.4, -0.2) is 19.7 Å². The van der Waals surface area contributed by atoms with Crippen molar-refractivity contribution >= 4 is 0 Å². The molecule has 3 nitrogen and oxygen atoms in total. The van der Waals surface area contributed by atoms with Gasteiger partial charge in [0, 0.05) is 6.54 Å². The second-order valence-electron chi connectivity index (χ2n) is 4.91. The molecular formula is C13H28N2O. The van der Waals surface area contributed by atoms with Crippen LogP contribution < -0.4 is 11.2 Å². The van der Waals surface area contributed by atoms with Crippen molar-refractivity contribution in [2.75, 3.05) is 19.7 Å². The highest BCUT2D eigenvalue weighted by Gasteiger charge is 2.12. The van der Waals surface area contributed by atoms with Gasteiger partial charge in [0.15, 0.2) is 0 Å². The first-order valence-electron chi connectivity index (χ1n) is 6.98. The van der Waals surface area contributed by atoms with Gasteiger partial charge in [0.1, 0.15) is 0 Å². The van der Waals surface area contributed by atoms with Crippen molar-refractivity contribution in [1.82, 2.24) is 5.48 Å². The molecule has 0 saturated heterocycles. The van der Waals surface area contributed by atoms with Crippen LogP contribution in [0, 0.1) is 5.92 Å². The van der Waals surface area contributed by atoms with Gasteiger partial charge >= 0.3 is 0 Å². The van der Waals surface area contributed by atoms with Crippen LogP contribution >= 0.6 is 0 Å². The molecule has 1 fully saturated rings. The third-order valence-electron chi connectivity index (χ3n) is 3.38. The molecule has 0 atom stereocenters. The Morgan fingerprint density at radius 2 is 1.75 bits per heavy atom. The predicted octanol–water partition coefficient (Wildman–Crippen LogP) is 2.61. The van der Waals surface area contributed by atoms with Crippen molar-refractivity contribution in [3.8, 4) is 0 Å². The van der Waals surface area contributed by atoms with Gasteiger partial charge in [-0.2, -0.15) is 0 Å². The zero-order valence-electron chi connectivity index (χ0n) is 10.5. The number of hydroxylamine groups is 1. The quantitative estimate of drug-likeness (QED) is 0.471. The number of hydrogen-bond acceptors (Lipinski definition) is 3. The SMILES string of the molecule is NCCCCCCNOCC1CCCCC1. The molecule has 1 aliphatic rings. The molecule has 1 aliphatic carbocycles. The maximum absolute atomic E-state index is 5.50. The summed E-state index contributed by atoms with van der Waals surface area (Å²) in [5.74, 6) is 0.804. The molecule has 0 amide bonds. The van der Waals surface area contributed by atoms with Crippen LogP contribution in [0.3, 0.4) is 0 Å². The molecule has 1 saturated carbocycles. The molecular weight excluding hydrogens is 200 g/mol. The molecule has 0 aromatic carbocycles. The summed E-state index contributed by atoms with van der Waals surface area (Å²) in [6.45, 7) is 2.71. The molecule has 0 bridgehead atoms. The maximum atomic E-state index is 5.50. The van der Waals surface area contributed by atoms with E-state index in [1.807, 2.05) is 0 Å². The lowest BCUT2D eigenvalue weighted by molar-refractivity contribution is 0.00861. The van der Waals surface area contributed by atoms with Crippen molar-refractivity contribution in [1.29, 1.82) is 0 Å². The van der Waals surface area contributed by atoms with Crippen LogP contribution in [0.1, 0.15) is 57.8 Å². The van der Waals surface area contributed by atoms with E-state index in [1.54, 1.807) is 0 Å². The number of rotatable bonds is 9. The van der Waals surface area contributed by atoms with Crippen molar-refractivity contribution in [3.05, 3.63) is 0 Å². The van der Waals surface area contributed by atoms with E-state index in [4.69, 9.17) is 10.6 Å². The first kappa shape index (κ1) is 13.9. The van der Waals surface area contributed by atoms with Gasteiger partial charge in [-0.25, -0.2) is 5.48 Å². The van der Waals surface area contributed by atoms with Gasteiger partial charge in [0.05, 0.1) is 6.61 Å². The van der Waals surface area contributed by atoms with Crippen LogP contribution in [0.15, 0.2) is 0 Å². The highest BCUT2D eigenvalue weighted by Crippen LogP contribution is 2.23. The fourth-order valence-corrected chi connectivity index (χ4v) is 2.30. The zero-order valence-corrected chi connectivity index (χ0v) is 10.5. The van der Waals surface area contributed by atoms with Gasteiger partial charge in [0.25, 0.3) is 0 Å². The third-order valence-corrected chi connectivity index (χ3v) is 3.38. The lowest BCUT2D eigenvalue weighted by Crippen LogP contribution is -2.22. The molecule has 96 valence electrons. The number of unbranched alkanes of at least 4 members (excludes halogenated alkanes) is 3. The normalized spacial score (nSPS) is 17.8. The molecule has 0 radical (unpaired) electrons. The Balaban J connectivity index is 1.77. The largest absolute Gasteiger partial charge is 0.330 e. The van der Waals surface area contributed by atoms with E-state index in [0.717, 1.165) is 32.0 Å². The van der Waals surface area contributed by atoms with Crippen LogP contribution in [0.5, 0.6) is 0 Å². The average Bonchev–Trinajstić information content (AvgIpc) is 2.34. The lowest BCUT2D eigenvalue weighted by Gasteiger charge is -2.21. The van der Waals surface area contributed by atoms with Crippen LogP contribution in [0.2, 0.25) is 0 Å². The van der Waals surface area contributed by atoms with Gasteiger partial charge in [-0.05, 0) is 38.1 Å². The molecule has 0 unspecified atom stereocenters. The van der Waals surface area contributed by atoms with E-state index < -0.39 is 0 Å². The minimum atomic E-state index is 0.804. The molecule has 0 spiro atoms.